The number of hydrogen-bond donors (Lipinski definition) is 1. The summed E-state index contributed by atoms with van der Waals surface area (Å²) in [5.41, 5.74) is 0.182. The quantitative estimate of drug-likeness (QED) is 0.862. The van der Waals surface area contributed by atoms with Crippen LogP contribution in [-0.4, -0.2) is 35.3 Å². The standard InChI is InChI=1S/C16H28N2O2/c1-11(2)13-15(20)18(12(3)14(19)17-13)10-16(4)8-6-5-7-9-16/h11-13H,5-10H2,1-4H3,(H,17,19). The molecule has 0 aromatic rings. The van der Waals surface area contributed by atoms with Crippen LogP contribution in [0.1, 0.15) is 59.8 Å². The Labute approximate surface area is 122 Å². The van der Waals surface area contributed by atoms with Gasteiger partial charge < -0.3 is 10.2 Å². The third-order valence-electron chi connectivity index (χ3n) is 4.97. The summed E-state index contributed by atoms with van der Waals surface area (Å²) < 4.78 is 0. The van der Waals surface area contributed by atoms with Crippen molar-refractivity contribution in [3.05, 3.63) is 0 Å². The van der Waals surface area contributed by atoms with Gasteiger partial charge in [0, 0.05) is 6.54 Å². The SMILES string of the molecule is CC(C)C1NC(=O)C(C)N(CC2(C)CCCCC2)C1=O. The maximum Gasteiger partial charge on any atom is 0.246 e. The molecule has 1 N–H and O–H groups in total. The number of carbonyl (C=O) groups excluding carboxylic acids is 2. The average Bonchev–Trinajstić information content (AvgIpc) is 2.39. The fraction of sp³-hybridized carbons (Fsp3) is 0.875. The number of rotatable bonds is 3. The Balaban J connectivity index is 2.14. The van der Waals surface area contributed by atoms with Crippen LogP contribution >= 0.6 is 0 Å². The van der Waals surface area contributed by atoms with Gasteiger partial charge in [-0.05, 0) is 31.1 Å². The van der Waals surface area contributed by atoms with E-state index in [1.807, 2.05) is 25.7 Å². The highest BCUT2D eigenvalue weighted by Gasteiger charge is 2.42. The zero-order valence-electron chi connectivity index (χ0n) is 13.2. The highest BCUT2D eigenvalue weighted by Crippen LogP contribution is 2.37. The van der Waals surface area contributed by atoms with Crippen molar-refractivity contribution in [2.24, 2.45) is 11.3 Å². The Morgan fingerprint density at radius 3 is 2.40 bits per heavy atom. The minimum absolute atomic E-state index is 0.0114. The molecule has 1 aliphatic heterocycles. The van der Waals surface area contributed by atoms with E-state index in [-0.39, 0.29) is 35.2 Å². The first-order valence-corrected chi connectivity index (χ1v) is 7.95. The van der Waals surface area contributed by atoms with E-state index < -0.39 is 0 Å². The third kappa shape index (κ3) is 2.99. The second-order valence-corrected chi connectivity index (χ2v) is 7.24. The molecule has 4 heteroatoms. The van der Waals surface area contributed by atoms with Crippen LogP contribution in [-0.2, 0) is 9.59 Å². The largest absolute Gasteiger partial charge is 0.342 e. The lowest BCUT2D eigenvalue weighted by molar-refractivity contribution is -0.152. The van der Waals surface area contributed by atoms with Gasteiger partial charge in [0.15, 0.2) is 0 Å². The van der Waals surface area contributed by atoms with Gasteiger partial charge in [-0.2, -0.15) is 0 Å². The van der Waals surface area contributed by atoms with Gasteiger partial charge in [0.1, 0.15) is 12.1 Å². The molecule has 1 heterocycles. The van der Waals surface area contributed by atoms with Gasteiger partial charge in [0.2, 0.25) is 11.8 Å². The number of carbonyl (C=O) groups is 2. The maximum atomic E-state index is 12.7. The van der Waals surface area contributed by atoms with Crippen LogP contribution in [0.5, 0.6) is 0 Å². The van der Waals surface area contributed by atoms with E-state index in [0.29, 0.717) is 0 Å². The Kier molecular flexibility index (Phi) is 4.40. The summed E-state index contributed by atoms with van der Waals surface area (Å²) in [6.45, 7) is 8.81. The van der Waals surface area contributed by atoms with Crippen molar-refractivity contribution in [2.75, 3.05) is 6.54 Å². The highest BCUT2D eigenvalue weighted by molar-refractivity contribution is 5.96. The molecule has 2 rings (SSSR count). The van der Waals surface area contributed by atoms with E-state index in [1.165, 1.54) is 19.3 Å². The number of amides is 2. The van der Waals surface area contributed by atoms with Gasteiger partial charge >= 0.3 is 0 Å². The number of nitrogens with zero attached hydrogens (tertiary/aromatic N) is 1. The molecular weight excluding hydrogens is 252 g/mol. The molecule has 4 nitrogen and oxygen atoms in total. The summed E-state index contributed by atoms with van der Waals surface area (Å²) in [4.78, 5) is 26.6. The fourth-order valence-corrected chi connectivity index (χ4v) is 3.49. The van der Waals surface area contributed by atoms with E-state index in [9.17, 15) is 9.59 Å². The molecule has 0 aromatic heterocycles. The lowest BCUT2D eigenvalue weighted by Gasteiger charge is -2.44. The monoisotopic (exact) mass is 280 g/mol. The van der Waals surface area contributed by atoms with Gasteiger partial charge in [-0.3, -0.25) is 9.59 Å². The summed E-state index contributed by atoms with van der Waals surface area (Å²) in [5, 5.41) is 2.86. The zero-order chi connectivity index (χ0) is 14.9. The second-order valence-electron chi connectivity index (χ2n) is 7.24. The molecular formula is C16H28N2O2. The second kappa shape index (κ2) is 5.74. The molecule has 0 bridgehead atoms. The van der Waals surface area contributed by atoms with Crippen molar-refractivity contribution in [3.63, 3.8) is 0 Å². The molecule has 20 heavy (non-hydrogen) atoms. The van der Waals surface area contributed by atoms with E-state index in [4.69, 9.17) is 0 Å². The van der Waals surface area contributed by atoms with E-state index in [0.717, 1.165) is 19.4 Å². The molecule has 114 valence electrons. The van der Waals surface area contributed by atoms with Crippen molar-refractivity contribution < 1.29 is 9.59 Å². The predicted molar refractivity (Wildman–Crippen MR) is 79.1 cm³/mol. The van der Waals surface area contributed by atoms with E-state index in [2.05, 4.69) is 12.2 Å². The lowest BCUT2D eigenvalue weighted by atomic mass is 9.75. The molecule has 2 unspecified atom stereocenters. The number of hydrogen-bond acceptors (Lipinski definition) is 2. The molecule has 0 radical (unpaired) electrons. The van der Waals surface area contributed by atoms with Crippen LogP contribution in [0.25, 0.3) is 0 Å². The van der Waals surface area contributed by atoms with Gasteiger partial charge in [0.05, 0.1) is 0 Å². The summed E-state index contributed by atoms with van der Waals surface area (Å²) >= 11 is 0. The smallest absolute Gasteiger partial charge is 0.246 e. The molecule has 0 spiro atoms. The van der Waals surface area contributed by atoms with E-state index >= 15 is 0 Å². The van der Waals surface area contributed by atoms with Gasteiger partial charge in [-0.1, -0.05) is 40.0 Å². The minimum Gasteiger partial charge on any atom is -0.342 e. The Morgan fingerprint density at radius 2 is 1.85 bits per heavy atom. The topological polar surface area (TPSA) is 49.4 Å². The van der Waals surface area contributed by atoms with Crippen molar-refractivity contribution in [3.8, 4) is 0 Å². The predicted octanol–water partition coefficient (Wildman–Crippen LogP) is 2.33. The first-order chi connectivity index (χ1) is 9.34. The van der Waals surface area contributed by atoms with Crippen LogP contribution in [0, 0.1) is 11.3 Å². The van der Waals surface area contributed by atoms with Crippen molar-refractivity contribution in [1.82, 2.24) is 10.2 Å². The van der Waals surface area contributed by atoms with Gasteiger partial charge in [0.25, 0.3) is 0 Å². The Morgan fingerprint density at radius 1 is 1.25 bits per heavy atom. The summed E-state index contributed by atoms with van der Waals surface area (Å²) in [5.74, 6) is 0.224. The van der Waals surface area contributed by atoms with Crippen molar-refractivity contribution >= 4 is 11.8 Å². The molecule has 2 amide bonds. The van der Waals surface area contributed by atoms with Crippen LogP contribution in [0.4, 0.5) is 0 Å². The van der Waals surface area contributed by atoms with Gasteiger partial charge in [-0.25, -0.2) is 0 Å². The highest BCUT2D eigenvalue weighted by atomic mass is 16.2. The molecule has 1 saturated heterocycles. The van der Waals surface area contributed by atoms with Gasteiger partial charge in [-0.15, -0.1) is 0 Å². The van der Waals surface area contributed by atoms with Crippen LogP contribution in [0.15, 0.2) is 0 Å². The molecule has 2 aliphatic rings. The summed E-state index contributed by atoms with van der Waals surface area (Å²) in [6.07, 6.45) is 6.11. The van der Waals surface area contributed by atoms with Crippen LogP contribution in [0.3, 0.4) is 0 Å². The molecule has 2 fully saturated rings. The molecule has 0 aromatic carbocycles. The maximum absolute atomic E-state index is 12.7. The van der Waals surface area contributed by atoms with Crippen LogP contribution < -0.4 is 5.32 Å². The van der Waals surface area contributed by atoms with E-state index in [1.54, 1.807) is 0 Å². The minimum atomic E-state index is -0.356. The lowest BCUT2D eigenvalue weighted by Crippen LogP contribution is -2.65. The first-order valence-electron chi connectivity index (χ1n) is 7.95. The van der Waals surface area contributed by atoms with Crippen LogP contribution in [0.2, 0.25) is 0 Å². The third-order valence-corrected chi connectivity index (χ3v) is 4.97. The molecule has 1 aliphatic carbocycles. The Hall–Kier alpha value is -1.06. The number of piperazine rings is 1. The summed E-state index contributed by atoms with van der Waals surface area (Å²) in [6, 6.07) is -0.692. The molecule has 2 atom stereocenters. The van der Waals surface area contributed by atoms with Crippen molar-refractivity contribution in [2.45, 2.75) is 71.9 Å². The summed E-state index contributed by atoms with van der Waals surface area (Å²) in [7, 11) is 0. The van der Waals surface area contributed by atoms with Crippen molar-refractivity contribution in [1.29, 1.82) is 0 Å². The molecule has 1 saturated carbocycles. The normalized spacial score (nSPS) is 30.6. The zero-order valence-corrected chi connectivity index (χ0v) is 13.2. The number of nitrogens with one attached hydrogen (secondary N) is 1. The average molecular weight is 280 g/mol. The first kappa shape index (κ1) is 15.3. The fourth-order valence-electron chi connectivity index (χ4n) is 3.49. The Bertz CT molecular complexity index is 386.